The number of carbonyl (C=O) groups is 1. The average molecular weight is 358 g/mol. The molecule has 0 aliphatic heterocycles. The molecule has 1 fully saturated rings. The highest BCUT2D eigenvalue weighted by molar-refractivity contribution is 7.14. The van der Waals surface area contributed by atoms with Crippen LogP contribution in [0.3, 0.4) is 0 Å². The first-order chi connectivity index (χ1) is 12.2. The van der Waals surface area contributed by atoms with E-state index in [1.165, 1.54) is 19.3 Å². The monoisotopic (exact) mass is 357 g/mol. The van der Waals surface area contributed by atoms with Crippen molar-refractivity contribution in [2.45, 2.75) is 46.0 Å². The van der Waals surface area contributed by atoms with Crippen molar-refractivity contribution in [3.8, 4) is 11.3 Å². The van der Waals surface area contributed by atoms with Crippen molar-refractivity contribution in [3.05, 3.63) is 29.6 Å². The van der Waals surface area contributed by atoms with Crippen molar-refractivity contribution in [1.82, 2.24) is 4.98 Å². The van der Waals surface area contributed by atoms with Crippen molar-refractivity contribution in [3.63, 3.8) is 0 Å². The Kier molecular flexibility index (Phi) is 6.08. The maximum absolute atomic E-state index is 12.5. The number of thiazole rings is 1. The van der Waals surface area contributed by atoms with Crippen LogP contribution in [0.25, 0.3) is 11.3 Å². The lowest BCUT2D eigenvalue weighted by Gasteiger charge is -2.20. The summed E-state index contributed by atoms with van der Waals surface area (Å²) in [4.78, 5) is 19.5. The molecule has 0 spiro atoms. The van der Waals surface area contributed by atoms with E-state index in [2.05, 4.69) is 35.5 Å². The molecule has 1 heterocycles. The molecule has 1 aromatic heterocycles. The predicted molar refractivity (Wildman–Crippen MR) is 106 cm³/mol. The molecule has 0 radical (unpaired) electrons. The highest BCUT2D eigenvalue weighted by atomic mass is 32.1. The molecule has 0 unspecified atom stereocenters. The first-order valence-electron chi connectivity index (χ1n) is 9.33. The van der Waals surface area contributed by atoms with E-state index in [0.29, 0.717) is 0 Å². The van der Waals surface area contributed by atoms with E-state index in [4.69, 9.17) is 4.98 Å². The molecule has 3 rings (SSSR count). The zero-order valence-corrected chi connectivity index (χ0v) is 15.9. The Balaban J connectivity index is 1.72. The molecule has 1 aromatic carbocycles. The van der Waals surface area contributed by atoms with Gasteiger partial charge in [-0.25, -0.2) is 4.98 Å². The summed E-state index contributed by atoms with van der Waals surface area (Å²) in [6, 6.07) is 8.03. The van der Waals surface area contributed by atoms with Crippen LogP contribution in [0.2, 0.25) is 0 Å². The van der Waals surface area contributed by atoms with Crippen LogP contribution in [-0.2, 0) is 4.79 Å². The first-order valence-corrected chi connectivity index (χ1v) is 10.2. The highest BCUT2D eigenvalue weighted by Gasteiger charge is 2.21. The number of carbonyl (C=O) groups excluding carboxylic acids is 1. The Morgan fingerprint density at radius 3 is 2.72 bits per heavy atom. The predicted octanol–water partition coefficient (Wildman–Crippen LogP) is 5.18. The molecule has 1 aliphatic carbocycles. The highest BCUT2D eigenvalue weighted by Crippen LogP contribution is 2.29. The van der Waals surface area contributed by atoms with Crippen LogP contribution in [0.4, 0.5) is 10.8 Å². The van der Waals surface area contributed by atoms with Gasteiger partial charge in [0.05, 0.1) is 5.69 Å². The van der Waals surface area contributed by atoms with Gasteiger partial charge in [-0.15, -0.1) is 11.3 Å². The zero-order valence-electron chi connectivity index (χ0n) is 15.1. The van der Waals surface area contributed by atoms with Crippen molar-refractivity contribution in [2.75, 3.05) is 23.3 Å². The van der Waals surface area contributed by atoms with E-state index >= 15 is 0 Å². The van der Waals surface area contributed by atoms with Crippen molar-refractivity contribution < 1.29 is 4.79 Å². The summed E-state index contributed by atoms with van der Waals surface area (Å²) >= 11 is 1.67. The SMILES string of the molecule is CCN(CC)c1nc(-c2cccc(NC(=O)C3CCCCC3)c2)cs1. The summed E-state index contributed by atoms with van der Waals surface area (Å²) in [7, 11) is 0. The number of hydrogen-bond donors (Lipinski definition) is 1. The fourth-order valence-electron chi connectivity index (χ4n) is 3.40. The third kappa shape index (κ3) is 4.40. The van der Waals surface area contributed by atoms with Gasteiger partial charge in [0.25, 0.3) is 0 Å². The van der Waals surface area contributed by atoms with Gasteiger partial charge in [0.2, 0.25) is 5.91 Å². The summed E-state index contributed by atoms with van der Waals surface area (Å²) in [5, 5.41) is 6.25. The van der Waals surface area contributed by atoms with E-state index in [0.717, 1.165) is 48.0 Å². The number of rotatable bonds is 6. The third-order valence-corrected chi connectivity index (χ3v) is 5.83. The van der Waals surface area contributed by atoms with Crippen LogP contribution >= 0.6 is 11.3 Å². The number of nitrogens with zero attached hydrogens (tertiary/aromatic N) is 2. The summed E-state index contributed by atoms with van der Waals surface area (Å²) in [5.74, 6) is 0.338. The van der Waals surface area contributed by atoms with Crippen LogP contribution in [0.1, 0.15) is 46.0 Å². The van der Waals surface area contributed by atoms with E-state index < -0.39 is 0 Å². The van der Waals surface area contributed by atoms with E-state index in [1.54, 1.807) is 11.3 Å². The quantitative estimate of drug-likeness (QED) is 0.775. The molecule has 1 aliphatic rings. The Bertz CT molecular complexity index is 702. The van der Waals surface area contributed by atoms with Gasteiger partial charge in [0, 0.05) is 35.6 Å². The van der Waals surface area contributed by atoms with Crippen molar-refractivity contribution >= 4 is 28.1 Å². The molecule has 0 saturated heterocycles. The van der Waals surface area contributed by atoms with Gasteiger partial charge in [-0.05, 0) is 38.8 Å². The molecule has 2 aromatic rings. The Morgan fingerprint density at radius 1 is 1.24 bits per heavy atom. The summed E-state index contributed by atoms with van der Waals surface area (Å²) in [6.45, 7) is 6.21. The van der Waals surface area contributed by atoms with Gasteiger partial charge in [-0.2, -0.15) is 0 Å². The van der Waals surface area contributed by atoms with Crippen LogP contribution in [0.5, 0.6) is 0 Å². The minimum Gasteiger partial charge on any atom is -0.349 e. The number of nitrogens with one attached hydrogen (secondary N) is 1. The molecule has 5 heteroatoms. The fourth-order valence-corrected chi connectivity index (χ4v) is 4.37. The number of amides is 1. The second-order valence-corrected chi connectivity index (χ2v) is 7.43. The van der Waals surface area contributed by atoms with Crippen LogP contribution in [0.15, 0.2) is 29.6 Å². The molecule has 4 nitrogen and oxygen atoms in total. The van der Waals surface area contributed by atoms with Gasteiger partial charge in [0.15, 0.2) is 5.13 Å². The van der Waals surface area contributed by atoms with Crippen molar-refractivity contribution in [2.24, 2.45) is 5.92 Å². The second kappa shape index (κ2) is 8.48. The first kappa shape index (κ1) is 17.9. The number of anilines is 2. The Labute approximate surface area is 154 Å². The minimum absolute atomic E-state index is 0.166. The van der Waals surface area contributed by atoms with Crippen LogP contribution < -0.4 is 10.2 Å². The third-order valence-electron chi connectivity index (χ3n) is 4.93. The number of benzene rings is 1. The summed E-state index contributed by atoms with van der Waals surface area (Å²) < 4.78 is 0. The van der Waals surface area contributed by atoms with Gasteiger partial charge in [0.1, 0.15) is 0 Å². The fraction of sp³-hybridized carbons (Fsp3) is 0.500. The average Bonchev–Trinajstić information content (AvgIpc) is 3.14. The zero-order chi connectivity index (χ0) is 17.6. The minimum atomic E-state index is 0.166. The smallest absolute Gasteiger partial charge is 0.227 e. The molecule has 134 valence electrons. The van der Waals surface area contributed by atoms with Crippen LogP contribution in [0, 0.1) is 5.92 Å². The molecule has 1 amide bonds. The second-order valence-electron chi connectivity index (χ2n) is 6.59. The summed E-state index contributed by atoms with van der Waals surface area (Å²) in [6.07, 6.45) is 5.64. The Hall–Kier alpha value is -1.88. The van der Waals surface area contributed by atoms with Gasteiger partial charge < -0.3 is 10.2 Å². The lowest BCUT2D eigenvalue weighted by Crippen LogP contribution is -2.24. The standard InChI is InChI=1S/C20H27N3OS/c1-3-23(4-2)20-22-18(14-25-20)16-11-8-12-17(13-16)21-19(24)15-9-6-5-7-10-15/h8,11-15H,3-7,9-10H2,1-2H3,(H,21,24). The molecule has 1 saturated carbocycles. The molecule has 25 heavy (non-hydrogen) atoms. The normalized spacial score (nSPS) is 15.1. The van der Waals surface area contributed by atoms with Gasteiger partial charge >= 0.3 is 0 Å². The lowest BCUT2D eigenvalue weighted by molar-refractivity contribution is -0.120. The van der Waals surface area contributed by atoms with Crippen molar-refractivity contribution in [1.29, 1.82) is 0 Å². The Morgan fingerprint density at radius 2 is 2.00 bits per heavy atom. The topological polar surface area (TPSA) is 45.2 Å². The van der Waals surface area contributed by atoms with E-state index in [1.807, 2.05) is 18.2 Å². The molecular weight excluding hydrogens is 330 g/mol. The number of aromatic nitrogens is 1. The molecular formula is C20H27N3OS. The molecule has 0 bridgehead atoms. The molecule has 1 N–H and O–H groups in total. The van der Waals surface area contributed by atoms with Gasteiger partial charge in [-0.3, -0.25) is 4.79 Å². The maximum Gasteiger partial charge on any atom is 0.227 e. The maximum atomic E-state index is 12.5. The van der Waals surface area contributed by atoms with E-state index in [9.17, 15) is 4.79 Å². The van der Waals surface area contributed by atoms with E-state index in [-0.39, 0.29) is 11.8 Å². The summed E-state index contributed by atoms with van der Waals surface area (Å²) in [5.41, 5.74) is 2.89. The van der Waals surface area contributed by atoms with Gasteiger partial charge in [-0.1, -0.05) is 31.4 Å². The number of hydrogen-bond acceptors (Lipinski definition) is 4. The van der Waals surface area contributed by atoms with Crippen LogP contribution in [-0.4, -0.2) is 24.0 Å². The molecule has 0 atom stereocenters. The largest absolute Gasteiger partial charge is 0.349 e. The lowest BCUT2D eigenvalue weighted by atomic mass is 9.88.